The molecule has 4 unspecified atom stereocenters. The lowest BCUT2D eigenvalue weighted by atomic mass is 9.77. The molecule has 0 aromatic heterocycles. The number of hydrogen-bond donors (Lipinski definition) is 3. The summed E-state index contributed by atoms with van der Waals surface area (Å²) in [5, 5.41) is 5.84. The van der Waals surface area contributed by atoms with Gasteiger partial charge in [-0.05, 0) is 31.6 Å². The van der Waals surface area contributed by atoms with E-state index in [-0.39, 0.29) is 29.8 Å². The van der Waals surface area contributed by atoms with Gasteiger partial charge in [0.2, 0.25) is 11.8 Å². The molecule has 5 nitrogen and oxygen atoms in total. The number of piperidine rings is 1. The standard InChI is InChI=1S/C13H23N3O2/c1-8-6-9(14)2-4-11(8)13(18)16-10-3-5-12(17)15-7-10/h8-11H,2-7,14H2,1H3,(H,15,17)(H,16,18). The molecule has 0 radical (unpaired) electrons. The minimum atomic E-state index is 0.0810. The topological polar surface area (TPSA) is 84.2 Å². The Morgan fingerprint density at radius 1 is 1.39 bits per heavy atom. The highest BCUT2D eigenvalue weighted by atomic mass is 16.2. The molecule has 2 amide bonds. The first kappa shape index (κ1) is 13.3. The van der Waals surface area contributed by atoms with E-state index in [1.807, 2.05) is 0 Å². The van der Waals surface area contributed by atoms with E-state index in [4.69, 9.17) is 5.73 Å². The summed E-state index contributed by atoms with van der Waals surface area (Å²) >= 11 is 0. The Kier molecular flexibility index (Phi) is 4.22. The van der Waals surface area contributed by atoms with E-state index < -0.39 is 0 Å². The van der Waals surface area contributed by atoms with Crippen LogP contribution in [0.3, 0.4) is 0 Å². The molecule has 1 aliphatic heterocycles. The van der Waals surface area contributed by atoms with Crippen LogP contribution < -0.4 is 16.4 Å². The number of nitrogens with two attached hydrogens (primary N) is 1. The fourth-order valence-corrected chi connectivity index (χ4v) is 2.99. The summed E-state index contributed by atoms with van der Waals surface area (Å²) in [7, 11) is 0. The molecule has 102 valence electrons. The van der Waals surface area contributed by atoms with Crippen LogP contribution in [-0.2, 0) is 9.59 Å². The largest absolute Gasteiger partial charge is 0.354 e. The normalized spacial score (nSPS) is 36.9. The Bertz CT molecular complexity index is 322. The highest BCUT2D eigenvalue weighted by Crippen LogP contribution is 2.29. The molecule has 1 saturated heterocycles. The molecule has 0 aromatic carbocycles. The van der Waals surface area contributed by atoms with Crippen LogP contribution in [0.5, 0.6) is 0 Å². The summed E-state index contributed by atoms with van der Waals surface area (Å²) in [5.41, 5.74) is 5.91. The van der Waals surface area contributed by atoms with Gasteiger partial charge in [-0.15, -0.1) is 0 Å². The number of rotatable bonds is 2. The van der Waals surface area contributed by atoms with Crippen LogP contribution in [0.1, 0.15) is 39.0 Å². The molecule has 1 saturated carbocycles. The molecule has 0 spiro atoms. The minimum Gasteiger partial charge on any atom is -0.354 e. The second kappa shape index (κ2) is 5.69. The SMILES string of the molecule is CC1CC(N)CCC1C(=O)NC1CCC(=O)NC1. The smallest absolute Gasteiger partial charge is 0.223 e. The first-order chi connectivity index (χ1) is 8.56. The van der Waals surface area contributed by atoms with Gasteiger partial charge >= 0.3 is 0 Å². The van der Waals surface area contributed by atoms with Crippen molar-refractivity contribution in [3.05, 3.63) is 0 Å². The Labute approximate surface area is 108 Å². The van der Waals surface area contributed by atoms with Crippen LogP contribution in [0.25, 0.3) is 0 Å². The van der Waals surface area contributed by atoms with Crippen molar-refractivity contribution >= 4 is 11.8 Å². The van der Waals surface area contributed by atoms with Gasteiger partial charge in [0.1, 0.15) is 0 Å². The molecule has 2 fully saturated rings. The Hall–Kier alpha value is -1.10. The fourth-order valence-electron chi connectivity index (χ4n) is 2.99. The van der Waals surface area contributed by atoms with Gasteiger partial charge in [0.05, 0.1) is 0 Å². The maximum absolute atomic E-state index is 12.2. The van der Waals surface area contributed by atoms with E-state index in [0.717, 1.165) is 25.7 Å². The van der Waals surface area contributed by atoms with E-state index >= 15 is 0 Å². The zero-order valence-corrected chi connectivity index (χ0v) is 10.9. The van der Waals surface area contributed by atoms with Crippen LogP contribution in [0.15, 0.2) is 0 Å². The highest BCUT2D eigenvalue weighted by Gasteiger charge is 2.32. The second-order valence-electron chi connectivity index (χ2n) is 5.71. The molecule has 1 aliphatic carbocycles. The molecule has 18 heavy (non-hydrogen) atoms. The van der Waals surface area contributed by atoms with Gasteiger partial charge < -0.3 is 16.4 Å². The average molecular weight is 253 g/mol. The summed E-state index contributed by atoms with van der Waals surface area (Å²) in [6.45, 7) is 2.66. The van der Waals surface area contributed by atoms with Crippen LogP contribution in [0.2, 0.25) is 0 Å². The summed E-state index contributed by atoms with van der Waals surface area (Å²) in [5.74, 6) is 0.655. The summed E-state index contributed by atoms with van der Waals surface area (Å²) < 4.78 is 0. The van der Waals surface area contributed by atoms with Crippen LogP contribution in [-0.4, -0.2) is 30.4 Å². The maximum Gasteiger partial charge on any atom is 0.223 e. The average Bonchev–Trinajstić information content (AvgIpc) is 2.32. The quantitative estimate of drug-likeness (QED) is 0.654. The Balaban J connectivity index is 1.82. The first-order valence-corrected chi connectivity index (χ1v) is 6.89. The van der Waals surface area contributed by atoms with Gasteiger partial charge in [0, 0.05) is 31.0 Å². The zero-order valence-electron chi connectivity index (χ0n) is 10.9. The third-order valence-electron chi connectivity index (χ3n) is 4.16. The molecule has 2 aliphatic rings. The Morgan fingerprint density at radius 2 is 2.17 bits per heavy atom. The van der Waals surface area contributed by atoms with Crippen LogP contribution in [0, 0.1) is 11.8 Å². The maximum atomic E-state index is 12.2. The molecular formula is C13H23N3O2. The third kappa shape index (κ3) is 3.22. The van der Waals surface area contributed by atoms with E-state index in [0.29, 0.717) is 18.9 Å². The molecule has 4 N–H and O–H groups in total. The lowest BCUT2D eigenvalue weighted by Gasteiger charge is -2.33. The molecule has 5 heteroatoms. The van der Waals surface area contributed by atoms with Crippen molar-refractivity contribution in [1.29, 1.82) is 0 Å². The molecule has 1 heterocycles. The molecule has 0 aromatic rings. The first-order valence-electron chi connectivity index (χ1n) is 6.89. The lowest BCUT2D eigenvalue weighted by molar-refractivity contribution is -0.130. The number of carbonyl (C=O) groups excluding carboxylic acids is 2. The molecule has 4 atom stereocenters. The van der Waals surface area contributed by atoms with Crippen molar-refractivity contribution in [2.75, 3.05) is 6.54 Å². The Morgan fingerprint density at radius 3 is 2.78 bits per heavy atom. The third-order valence-corrected chi connectivity index (χ3v) is 4.16. The van der Waals surface area contributed by atoms with E-state index in [1.165, 1.54) is 0 Å². The summed E-state index contributed by atoms with van der Waals surface area (Å²) in [6, 6.07) is 0.344. The van der Waals surface area contributed by atoms with Crippen molar-refractivity contribution in [2.24, 2.45) is 17.6 Å². The fraction of sp³-hybridized carbons (Fsp3) is 0.846. The van der Waals surface area contributed by atoms with Crippen molar-refractivity contribution in [1.82, 2.24) is 10.6 Å². The van der Waals surface area contributed by atoms with Crippen molar-refractivity contribution < 1.29 is 9.59 Å². The number of hydrogen-bond acceptors (Lipinski definition) is 3. The van der Waals surface area contributed by atoms with Gasteiger partial charge in [-0.1, -0.05) is 6.92 Å². The highest BCUT2D eigenvalue weighted by molar-refractivity contribution is 5.80. The summed E-state index contributed by atoms with van der Waals surface area (Å²) in [6.07, 6.45) is 4.00. The minimum absolute atomic E-state index is 0.0810. The predicted molar refractivity (Wildman–Crippen MR) is 68.7 cm³/mol. The molecule has 0 bridgehead atoms. The van der Waals surface area contributed by atoms with Crippen molar-refractivity contribution in [3.63, 3.8) is 0 Å². The van der Waals surface area contributed by atoms with Crippen molar-refractivity contribution in [3.8, 4) is 0 Å². The molecule has 2 rings (SSSR count). The summed E-state index contributed by atoms with van der Waals surface area (Å²) in [4.78, 5) is 23.2. The van der Waals surface area contributed by atoms with E-state index in [9.17, 15) is 9.59 Å². The van der Waals surface area contributed by atoms with Gasteiger partial charge in [-0.3, -0.25) is 9.59 Å². The van der Waals surface area contributed by atoms with E-state index in [2.05, 4.69) is 17.6 Å². The van der Waals surface area contributed by atoms with Gasteiger partial charge in [0.25, 0.3) is 0 Å². The van der Waals surface area contributed by atoms with E-state index in [1.54, 1.807) is 0 Å². The molecular weight excluding hydrogens is 230 g/mol. The monoisotopic (exact) mass is 253 g/mol. The lowest BCUT2D eigenvalue weighted by Crippen LogP contribution is -2.50. The van der Waals surface area contributed by atoms with Crippen LogP contribution in [0.4, 0.5) is 0 Å². The predicted octanol–water partition coefficient (Wildman–Crippen LogP) is 0.145. The van der Waals surface area contributed by atoms with Crippen molar-refractivity contribution in [2.45, 2.75) is 51.1 Å². The van der Waals surface area contributed by atoms with Gasteiger partial charge in [-0.25, -0.2) is 0 Å². The van der Waals surface area contributed by atoms with Gasteiger partial charge in [-0.2, -0.15) is 0 Å². The second-order valence-corrected chi connectivity index (χ2v) is 5.71. The number of carbonyl (C=O) groups is 2. The van der Waals surface area contributed by atoms with Crippen LogP contribution >= 0.6 is 0 Å². The zero-order chi connectivity index (χ0) is 13.1. The van der Waals surface area contributed by atoms with Gasteiger partial charge in [0.15, 0.2) is 0 Å². The number of amides is 2. The number of nitrogens with one attached hydrogen (secondary N) is 2.